The number of carbonyl (C=O) groups excluding carboxylic acids is 2. The molecule has 2 bridgehead atoms. The van der Waals surface area contributed by atoms with Crippen LogP contribution in [0.2, 0.25) is 0 Å². The van der Waals surface area contributed by atoms with E-state index in [1.54, 1.807) is 12.1 Å². The molecule has 37 heavy (non-hydrogen) atoms. The lowest BCUT2D eigenvalue weighted by Crippen LogP contribution is -2.51. The summed E-state index contributed by atoms with van der Waals surface area (Å²) < 4.78 is 11.8. The predicted octanol–water partition coefficient (Wildman–Crippen LogP) is 4.98. The quantitative estimate of drug-likeness (QED) is 0.517. The zero-order valence-corrected chi connectivity index (χ0v) is 22.5. The second-order valence-corrected chi connectivity index (χ2v) is 12.4. The van der Waals surface area contributed by atoms with Gasteiger partial charge in [0.25, 0.3) is 5.91 Å². The first-order valence-electron chi connectivity index (χ1n) is 14.2. The lowest BCUT2D eigenvalue weighted by molar-refractivity contribution is -0.128. The number of nitrogens with zero attached hydrogens (tertiary/aromatic N) is 1. The molecule has 4 fully saturated rings. The summed E-state index contributed by atoms with van der Waals surface area (Å²) in [6.07, 6.45) is 10.8. The number of nitriles is 1. The van der Waals surface area contributed by atoms with Gasteiger partial charge in [-0.3, -0.25) is 9.59 Å². The van der Waals surface area contributed by atoms with Crippen molar-refractivity contribution in [3.05, 3.63) is 23.3 Å². The number of amides is 2. The van der Waals surface area contributed by atoms with Crippen LogP contribution in [0.1, 0.15) is 94.0 Å². The molecule has 4 atom stereocenters. The third-order valence-corrected chi connectivity index (χ3v) is 9.69. The summed E-state index contributed by atoms with van der Waals surface area (Å²) in [4.78, 5) is 26.9. The highest BCUT2D eigenvalue weighted by Crippen LogP contribution is 2.49. The van der Waals surface area contributed by atoms with E-state index in [-0.39, 0.29) is 35.3 Å². The van der Waals surface area contributed by atoms with E-state index in [1.807, 2.05) is 0 Å². The highest BCUT2D eigenvalue weighted by atomic mass is 16.5. The number of hydrogen-bond donors (Lipinski definition) is 2. The Balaban J connectivity index is 1.32. The molecule has 1 aromatic carbocycles. The summed E-state index contributed by atoms with van der Waals surface area (Å²) in [6, 6.07) is 5.26. The van der Waals surface area contributed by atoms with E-state index in [1.165, 1.54) is 13.5 Å². The lowest BCUT2D eigenvalue weighted by atomic mass is 9.70. The molecule has 0 radical (unpaired) electrons. The molecule has 0 aliphatic heterocycles. The van der Waals surface area contributed by atoms with Gasteiger partial charge in [0.15, 0.2) is 0 Å². The smallest absolute Gasteiger partial charge is 0.255 e. The summed E-state index contributed by atoms with van der Waals surface area (Å²) in [5.41, 5.74) is 0.938. The van der Waals surface area contributed by atoms with Crippen molar-refractivity contribution >= 4 is 11.8 Å². The summed E-state index contributed by atoms with van der Waals surface area (Å²) in [5.74, 6) is 1.71. The summed E-state index contributed by atoms with van der Waals surface area (Å²) >= 11 is 0. The molecule has 7 nitrogen and oxygen atoms in total. The SMILES string of the molecule is COc1cc(C#N)c(O[C@H]2CC[C@H](C)CC2)cc1C(=O)N[C@@H]1[C@H]2CC[C@H](C2)[C@@H]1C(=O)NCC1(C)CCC1. The zero-order valence-electron chi connectivity index (χ0n) is 22.5. The van der Waals surface area contributed by atoms with Crippen LogP contribution in [-0.2, 0) is 4.79 Å². The fraction of sp³-hybridized carbons (Fsp3) is 0.700. The van der Waals surface area contributed by atoms with Crippen LogP contribution in [0.25, 0.3) is 0 Å². The summed E-state index contributed by atoms with van der Waals surface area (Å²) in [7, 11) is 1.51. The molecule has 4 aliphatic rings. The molecule has 0 heterocycles. The molecule has 0 unspecified atom stereocenters. The average Bonchev–Trinajstić information content (AvgIpc) is 3.49. The Kier molecular flexibility index (Phi) is 7.38. The maximum Gasteiger partial charge on any atom is 0.255 e. The number of ether oxygens (including phenoxy) is 2. The maximum atomic E-state index is 13.6. The first kappa shape index (κ1) is 25.9. The Labute approximate surface area is 220 Å². The number of hydrogen-bond acceptors (Lipinski definition) is 5. The van der Waals surface area contributed by atoms with Gasteiger partial charge in [-0.05, 0) is 87.0 Å². The molecule has 2 amide bonds. The predicted molar refractivity (Wildman–Crippen MR) is 140 cm³/mol. The minimum absolute atomic E-state index is 0.0452. The van der Waals surface area contributed by atoms with Crippen LogP contribution < -0.4 is 20.1 Å². The fourth-order valence-electron chi connectivity index (χ4n) is 7.10. The van der Waals surface area contributed by atoms with Gasteiger partial charge in [0.05, 0.1) is 30.3 Å². The summed E-state index contributed by atoms with van der Waals surface area (Å²) in [5, 5.41) is 16.2. The van der Waals surface area contributed by atoms with Crippen LogP contribution in [0.3, 0.4) is 0 Å². The molecular weight excluding hydrogens is 466 g/mol. The van der Waals surface area contributed by atoms with Gasteiger partial charge in [0.2, 0.25) is 5.91 Å². The first-order chi connectivity index (χ1) is 17.8. The molecule has 200 valence electrons. The Morgan fingerprint density at radius 3 is 2.46 bits per heavy atom. The van der Waals surface area contributed by atoms with Crippen molar-refractivity contribution in [2.45, 2.75) is 90.2 Å². The molecule has 5 rings (SSSR count). The van der Waals surface area contributed by atoms with E-state index >= 15 is 0 Å². The highest BCUT2D eigenvalue weighted by molar-refractivity contribution is 5.98. The minimum atomic E-state index is -0.273. The molecule has 0 spiro atoms. The van der Waals surface area contributed by atoms with Crippen LogP contribution >= 0.6 is 0 Å². The van der Waals surface area contributed by atoms with Gasteiger partial charge >= 0.3 is 0 Å². The fourth-order valence-corrected chi connectivity index (χ4v) is 7.10. The van der Waals surface area contributed by atoms with Crippen LogP contribution in [0.5, 0.6) is 11.5 Å². The van der Waals surface area contributed by atoms with E-state index in [0.29, 0.717) is 46.9 Å². The molecule has 0 saturated heterocycles. The standard InChI is InChI=1S/C30H41N3O4/c1-18-5-9-22(10-6-18)37-24-15-23(25(36-3)14-21(24)16-31)28(34)33-27-20-8-7-19(13-20)26(27)29(35)32-17-30(2)11-4-12-30/h14-15,18-20,22,26-27H,4-13,17H2,1-3H3,(H,32,35)(H,33,34)/t18-,19-,20+,22-,26+,27-/m1/s1. The number of fused-ring (bicyclic) bond motifs is 2. The second kappa shape index (κ2) is 10.6. The van der Waals surface area contributed by atoms with E-state index in [0.717, 1.165) is 57.8 Å². The largest absolute Gasteiger partial charge is 0.496 e. The van der Waals surface area contributed by atoms with E-state index in [2.05, 4.69) is 30.6 Å². The van der Waals surface area contributed by atoms with Gasteiger partial charge in [-0.2, -0.15) is 5.26 Å². The van der Waals surface area contributed by atoms with Crippen molar-refractivity contribution in [3.8, 4) is 17.6 Å². The number of methoxy groups -OCH3 is 1. The molecule has 0 aromatic heterocycles. The number of rotatable bonds is 8. The second-order valence-electron chi connectivity index (χ2n) is 12.4. The van der Waals surface area contributed by atoms with Crippen LogP contribution in [-0.4, -0.2) is 37.6 Å². The molecular formula is C30H41N3O4. The first-order valence-corrected chi connectivity index (χ1v) is 14.2. The normalized spacial score (nSPS) is 31.6. The van der Waals surface area contributed by atoms with Gasteiger partial charge < -0.3 is 20.1 Å². The van der Waals surface area contributed by atoms with Crippen molar-refractivity contribution in [1.29, 1.82) is 5.26 Å². The molecule has 7 heteroatoms. The Hall–Kier alpha value is -2.75. The van der Waals surface area contributed by atoms with E-state index < -0.39 is 0 Å². The van der Waals surface area contributed by atoms with E-state index in [9.17, 15) is 14.9 Å². The van der Waals surface area contributed by atoms with Gasteiger partial charge in [0, 0.05) is 18.7 Å². The Morgan fingerprint density at radius 2 is 1.81 bits per heavy atom. The van der Waals surface area contributed by atoms with Gasteiger partial charge in [0.1, 0.15) is 17.6 Å². The van der Waals surface area contributed by atoms with Gasteiger partial charge in [-0.15, -0.1) is 0 Å². The summed E-state index contributed by atoms with van der Waals surface area (Å²) in [6.45, 7) is 5.20. The third-order valence-electron chi connectivity index (χ3n) is 9.69. The van der Waals surface area contributed by atoms with Crippen molar-refractivity contribution in [3.63, 3.8) is 0 Å². The van der Waals surface area contributed by atoms with Gasteiger partial charge in [-0.1, -0.05) is 20.3 Å². The molecule has 4 aliphatic carbocycles. The topological polar surface area (TPSA) is 100 Å². The van der Waals surface area contributed by atoms with Crippen molar-refractivity contribution in [2.75, 3.05) is 13.7 Å². The minimum Gasteiger partial charge on any atom is -0.496 e. The highest BCUT2D eigenvalue weighted by Gasteiger charge is 2.51. The van der Waals surface area contributed by atoms with Crippen LogP contribution in [0.4, 0.5) is 0 Å². The maximum absolute atomic E-state index is 13.6. The number of carbonyl (C=O) groups is 2. The molecule has 4 saturated carbocycles. The third kappa shape index (κ3) is 5.30. The molecule has 1 aromatic rings. The van der Waals surface area contributed by atoms with Crippen molar-refractivity contribution in [1.82, 2.24) is 10.6 Å². The van der Waals surface area contributed by atoms with Crippen LogP contribution in [0.15, 0.2) is 12.1 Å². The number of benzene rings is 1. The average molecular weight is 508 g/mol. The Bertz CT molecular complexity index is 1070. The van der Waals surface area contributed by atoms with Crippen molar-refractivity contribution in [2.24, 2.45) is 29.1 Å². The zero-order chi connectivity index (χ0) is 26.2. The van der Waals surface area contributed by atoms with Gasteiger partial charge in [-0.25, -0.2) is 0 Å². The molecule has 2 N–H and O–H groups in total. The lowest BCUT2D eigenvalue weighted by Gasteiger charge is -2.39. The van der Waals surface area contributed by atoms with Crippen LogP contribution in [0, 0.1) is 40.4 Å². The number of nitrogens with one attached hydrogen (secondary N) is 2. The monoisotopic (exact) mass is 507 g/mol. The van der Waals surface area contributed by atoms with E-state index in [4.69, 9.17) is 9.47 Å². The Morgan fingerprint density at radius 1 is 1.08 bits per heavy atom. The van der Waals surface area contributed by atoms with Crippen molar-refractivity contribution < 1.29 is 19.1 Å².